The van der Waals surface area contributed by atoms with Gasteiger partial charge in [0, 0.05) is 30.9 Å². The van der Waals surface area contributed by atoms with Crippen LogP contribution < -0.4 is 28.3 Å². The van der Waals surface area contributed by atoms with E-state index in [1.165, 1.54) is 0 Å². The van der Waals surface area contributed by atoms with Crippen LogP contribution in [0.4, 0.5) is 4.79 Å². The Morgan fingerprint density at radius 1 is 0.975 bits per heavy atom. The van der Waals surface area contributed by atoms with E-state index >= 15 is 0 Å². The monoisotopic (exact) mass is 547 g/mol. The lowest BCUT2D eigenvalue weighted by Crippen LogP contribution is -2.69. The largest absolute Gasteiger partial charge is 0.426 e. The summed E-state index contributed by atoms with van der Waals surface area (Å²) in [6.45, 7) is 6.11. The number of hydrogen-bond donors (Lipinski definition) is 5. The summed E-state index contributed by atoms with van der Waals surface area (Å²) >= 11 is 0. The number of rotatable bonds is 10. The molecule has 3 aromatic rings. The number of nitrogens with two attached hydrogens (primary N) is 4. The third-order valence-electron chi connectivity index (χ3n) is 6.68. The number of ether oxygens (including phenoxy) is 2. The zero-order chi connectivity index (χ0) is 28.7. The standard InChI is InChI=1S/C29H37N7O4/c1-20-16-36(28(38)40-26(30)25-13-7-11-22-10-5-6-12-24(22)25)15-14-35(20)17-23(34-27(37)29(31,32)33)19-39-18-21-8-3-2-4-9-21/h2-13,23,26H,1,14-19,30-33H2,(H,34,37). The van der Waals surface area contributed by atoms with Crippen LogP contribution in [0.25, 0.3) is 10.8 Å². The third kappa shape index (κ3) is 7.56. The van der Waals surface area contributed by atoms with Crippen LogP contribution in [-0.2, 0) is 20.9 Å². The lowest BCUT2D eigenvalue weighted by atomic mass is 10.0. The Balaban J connectivity index is 1.34. The highest BCUT2D eigenvalue weighted by atomic mass is 16.6. The Kier molecular flexibility index (Phi) is 9.35. The highest BCUT2D eigenvalue weighted by molar-refractivity contribution is 5.86. The van der Waals surface area contributed by atoms with Crippen molar-refractivity contribution in [2.45, 2.75) is 24.7 Å². The van der Waals surface area contributed by atoms with Crippen molar-refractivity contribution < 1.29 is 19.1 Å². The van der Waals surface area contributed by atoms with Crippen LogP contribution in [0.2, 0.25) is 0 Å². The summed E-state index contributed by atoms with van der Waals surface area (Å²) in [5.41, 5.74) is 25.4. The van der Waals surface area contributed by atoms with Crippen molar-refractivity contribution in [3.05, 3.63) is 96.2 Å². The van der Waals surface area contributed by atoms with Gasteiger partial charge in [-0.25, -0.2) is 4.79 Å². The highest BCUT2D eigenvalue weighted by Gasteiger charge is 2.30. The molecule has 0 spiro atoms. The van der Waals surface area contributed by atoms with Gasteiger partial charge in [-0.1, -0.05) is 79.4 Å². The van der Waals surface area contributed by atoms with E-state index in [4.69, 9.17) is 32.4 Å². The first-order valence-corrected chi connectivity index (χ1v) is 13.0. The Bertz CT molecular complexity index is 1320. The molecule has 11 heteroatoms. The van der Waals surface area contributed by atoms with Crippen LogP contribution in [0.1, 0.15) is 17.4 Å². The van der Waals surface area contributed by atoms with Crippen molar-refractivity contribution in [1.29, 1.82) is 0 Å². The van der Waals surface area contributed by atoms with Crippen LogP contribution >= 0.6 is 0 Å². The Morgan fingerprint density at radius 3 is 2.40 bits per heavy atom. The molecule has 0 bridgehead atoms. The number of piperazine rings is 1. The molecule has 1 aliphatic heterocycles. The van der Waals surface area contributed by atoms with Crippen LogP contribution in [0, 0.1) is 0 Å². The molecule has 1 heterocycles. The Hall–Kier alpha value is -4.00. The molecule has 11 nitrogen and oxygen atoms in total. The Morgan fingerprint density at radius 2 is 1.68 bits per heavy atom. The van der Waals surface area contributed by atoms with Crippen molar-refractivity contribution in [1.82, 2.24) is 15.1 Å². The van der Waals surface area contributed by atoms with Crippen LogP contribution in [0.3, 0.4) is 0 Å². The van der Waals surface area contributed by atoms with E-state index in [9.17, 15) is 9.59 Å². The van der Waals surface area contributed by atoms with Gasteiger partial charge < -0.3 is 24.6 Å². The zero-order valence-electron chi connectivity index (χ0n) is 22.4. The number of fused-ring (bicyclic) bond motifs is 1. The lowest BCUT2D eigenvalue weighted by Gasteiger charge is -2.39. The lowest BCUT2D eigenvalue weighted by molar-refractivity contribution is -0.127. The van der Waals surface area contributed by atoms with E-state index in [1.54, 1.807) is 4.90 Å². The number of hydrogen-bond acceptors (Lipinski definition) is 9. The van der Waals surface area contributed by atoms with Crippen molar-refractivity contribution in [2.75, 3.05) is 32.8 Å². The van der Waals surface area contributed by atoms with E-state index < -0.39 is 30.1 Å². The summed E-state index contributed by atoms with van der Waals surface area (Å²) in [5.74, 6) is -2.74. The Labute approximate surface area is 233 Å². The predicted octanol–water partition coefficient (Wildman–Crippen LogP) is 1.30. The first-order valence-electron chi connectivity index (χ1n) is 13.0. The first kappa shape index (κ1) is 29.0. The summed E-state index contributed by atoms with van der Waals surface area (Å²) in [4.78, 5) is 28.9. The van der Waals surface area contributed by atoms with Crippen LogP contribution in [0.5, 0.6) is 0 Å². The normalized spacial score (nSPS) is 15.6. The fourth-order valence-electron chi connectivity index (χ4n) is 4.53. The van der Waals surface area contributed by atoms with Crippen molar-refractivity contribution in [3.8, 4) is 0 Å². The molecule has 0 saturated carbocycles. The molecule has 1 aliphatic rings. The summed E-state index contributed by atoms with van der Waals surface area (Å²) < 4.78 is 11.5. The van der Waals surface area contributed by atoms with Crippen LogP contribution in [-0.4, -0.2) is 66.4 Å². The maximum atomic E-state index is 13.0. The first-order chi connectivity index (χ1) is 19.1. The predicted molar refractivity (Wildman–Crippen MR) is 153 cm³/mol. The number of nitrogens with one attached hydrogen (secondary N) is 1. The minimum atomic E-state index is -2.03. The van der Waals surface area contributed by atoms with Gasteiger partial charge in [0.05, 0.1) is 25.8 Å². The van der Waals surface area contributed by atoms with E-state index in [2.05, 4.69) is 11.9 Å². The molecule has 2 unspecified atom stereocenters. The molecule has 0 aliphatic carbocycles. The molecule has 212 valence electrons. The second-order valence-corrected chi connectivity index (χ2v) is 9.91. The summed E-state index contributed by atoms with van der Waals surface area (Å²) in [5, 5.41) is 4.70. The molecule has 2 atom stereocenters. The molecule has 0 radical (unpaired) electrons. The van der Waals surface area contributed by atoms with Gasteiger partial charge in [0.25, 0.3) is 5.91 Å². The van der Waals surface area contributed by atoms with E-state index in [0.717, 1.165) is 21.9 Å². The molecule has 3 aromatic carbocycles. The average molecular weight is 548 g/mol. The molecule has 0 aromatic heterocycles. The van der Waals surface area contributed by atoms with Gasteiger partial charge >= 0.3 is 6.09 Å². The number of nitrogens with zero attached hydrogens (tertiary/aromatic N) is 2. The number of carbonyl (C=O) groups excluding carboxylic acids is 2. The topological polar surface area (TPSA) is 175 Å². The minimum absolute atomic E-state index is 0.187. The maximum absolute atomic E-state index is 13.0. The minimum Gasteiger partial charge on any atom is -0.426 e. The van der Waals surface area contributed by atoms with Gasteiger partial charge in [0.15, 0.2) is 12.0 Å². The zero-order valence-corrected chi connectivity index (χ0v) is 22.4. The molecular formula is C29H37N7O4. The highest BCUT2D eigenvalue weighted by Crippen LogP contribution is 2.25. The molecular weight excluding hydrogens is 510 g/mol. The van der Waals surface area contributed by atoms with E-state index in [-0.39, 0.29) is 13.2 Å². The fraction of sp³-hybridized carbons (Fsp3) is 0.310. The maximum Gasteiger partial charge on any atom is 0.412 e. The van der Waals surface area contributed by atoms with E-state index in [1.807, 2.05) is 77.7 Å². The second-order valence-electron chi connectivity index (χ2n) is 9.91. The second kappa shape index (κ2) is 12.9. The van der Waals surface area contributed by atoms with Crippen molar-refractivity contribution in [2.24, 2.45) is 22.9 Å². The van der Waals surface area contributed by atoms with Crippen molar-refractivity contribution in [3.63, 3.8) is 0 Å². The SMILES string of the molecule is C=C1CN(C(=O)OC(N)c2cccc3ccccc23)CCN1CC(COCc1ccccc1)NC(=O)C(N)(N)N. The van der Waals surface area contributed by atoms with Gasteiger partial charge in [0.1, 0.15) is 0 Å². The summed E-state index contributed by atoms with van der Waals surface area (Å²) in [7, 11) is 0. The molecule has 1 saturated heterocycles. The van der Waals surface area contributed by atoms with Crippen LogP contribution in [0.15, 0.2) is 85.1 Å². The van der Waals surface area contributed by atoms with Gasteiger partial charge in [-0.15, -0.1) is 0 Å². The molecule has 40 heavy (non-hydrogen) atoms. The average Bonchev–Trinajstić information content (AvgIpc) is 2.93. The van der Waals surface area contributed by atoms with Gasteiger partial charge in [-0.3, -0.25) is 27.7 Å². The third-order valence-corrected chi connectivity index (χ3v) is 6.68. The molecule has 4 rings (SSSR count). The summed E-state index contributed by atoms with van der Waals surface area (Å²) in [6.07, 6.45) is -1.45. The molecule has 9 N–H and O–H groups in total. The number of amides is 2. The summed E-state index contributed by atoms with van der Waals surface area (Å²) in [6, 6.07) is 22.7. The van der Waals surface area contributed by atoms with Crippen molar-refractivity contribution >= 4 is 22.8 Å². The molecule has 2 amide bonds. The quantitative estimate of drug-likeness (QED) is 0.234. The number of carbonyl (C=O) groups is 2. The molecule has 1 fully saturated rings. The van der Waals surface area contributed by atoms with E-state index in [0.29, 0.717) is 31.9 Å². The fourth-order valence-corrected chi connectivity index (χ4v) is 4.53. The van der Waals surface area contributed by atoms with Gasteiger partial charge in [0.2, 0.25) is 0 Å². The smallest absolute Gasteiger partial charge is 0.412 e. The van der Waals surface area contributed by atoms with Gasteiger partial charge in [-0.05, 0) is 16.3 Å². The van der Waals surface area contributed by atoms with Gasteiger partial charge in [-0.2, -0.15) is 0 Å². The number of benzene rings is 3.